The molecule has 0 aliphatic rings. The highest BCUT2D eigenvalue weighted by Crippen LogP contribution is 2.18. The molecule has 0 amide bonds. The zero-order valence-corrected chi connectivity index (χ0v) is 13.1. The van der Waals surface area contributed by atoms with Gasteiger partial charge >= 0.3 is 0 Å². The predicted octanol–water partition coefficient (Wildman–Crippen LogP) is 3.09. The number of halogens is 1. The van der Waals surface area contributed by atoms with Crippen LogP contribution in [0.25, 0.3) is 22.8 Å². The van der Waals surface area contributed by atoms with Crippen LogP contribution in [-0.2, 0) is 6.54 Å². The van der Waals surface area contributed by atoms with Crippen LogP contribution < -0.4 is 0 Å². The molecule has 7 nitrogen and oxygen atoms in total. The number of nitrogens with zero attached hydrogens (tertiary/aromatic N) is 6. The lowest BCUT2D eigenvalue weighted by atomic mass is 10.2. The molecule has 0 aliphatic heterocycles. The van der Waals surface area contributed by atoms with E-state index in [4.69, 9.17) is 16.1 Å². The molecular formula is C16H11ClN6O. The number of hydrogen-bond acceptors (Lipinski definition) is 6. The Morgan fingerprint density at radius 2 is 1.67 bits per heavy atom. The van der Waals surface area contributed by atoms with Crippen LogP contribution in [0.2, 0.25) is 5.02 Å². The summed E-state index contributed by atoms with van der Waals surface area (Å²) in [5, 5.41) is 17.0. The third-order valence-corrected chi connectivity index (χ3v) is 3.58. The highest BCUT2D eigenvalue weighted by Gasteiger charge is 2.11. The smallest absolute Gasteiger partial charge is 0.250 e. The van der Waals surface area contributed by atoms with E-state index in [1.807, 2.05) is 42.5 Å². The third kappa shape index (κ3) is 3.02. The molecule has 4 rings (SSSR count). The van der Waals surface area contributed by atoms with Crippen LogP contribution >= 0.6 is 11.6 Å². The maximum atomic E-state index is 5.88. The maximum Gasteiger partial charge on any atom is 0.250 e. The van der Waals surface area contributed by atoms with Gasteiger partial charge in [-0.2, -0.15) is 9.78 Å². The molecule has 0 saturated carbocycles. The Morgan fingerprint density at radius 3 is 2.46 bits per heavy atom. The Hall–Kier alpha value is -3.06. The van der Waals surface area contributed by atoms with E-state index in [2.05, 4.69) is 25.6 Å². The first-order chi connectivity index (χ1) is 11.8. The van der Waals surface area contributed by atoms with Gasteiger partial charge in [0.25, 0.3) is 5.89 Å². The summed E-state index contributed by atoms with van der Waals surface area (Å²) in [7, 11) is 0. The molecule has 0 bridgehead atoms. The first kappa shape index (κ1) is 14.5. The first-order valence-electron chi connectivity index (χ1n) is 7.20. The molecule has 24 heavy (non-hydrogen) atoms. The molecule has 0 fully saturated rings. The minimum Gasteiger partial charge on any atom is -0.337 e. The largest absolute Gasteiger partial charge is 0.337 e. The van der Waals surface area contributed by atoms with Crippen LogP contribution in [-0.4, -0.2) is 30.3 Å². The molecule has 0 aliphatic carbocycles. The zero-order valence-electron chi connectivity index (χ0n) is 12.4. The van der Waals surface area contributed by atoms with E-state index in [1.165, 1.54) is 4.80 Å². The van der Waals surface area contributed by atoms with Crippen molar-refractivity contribution in [3.05, 3.63) is 65.5 Å². The van der Waals surface area contributed by atoms with Gasteiger partial charge in [-0.3, -0.25) is 0 Å². The van der Waals surface area contributed by atoms with E-state index in [1.54, 1.807) is 12.1 Å². The summed E-state index contributed by atoms with van der Waals surface area (Å²) < 4.78 is 5.25. The van der Waals surface area contributed by atoms with Crippen molar-refractivity contribution in [1.82, 2.24) is 30.3 Å². The molecule has 0 unspecified atom stereocenters. The van der Waals surface area contributed by atoms with E-state index in [-0.39, 0.29) is 6.54 Å². The summed E-state index contributed by atoms with van der Waals surface area (Å²) in [5.74, 6) is 1.45. The second-order valence-corrected chi connectivity index (χ2v) is 5.46. The van der Waals surface area contributed by atoms with Crippen LogP contribution in [0.3, 0.4) is 0 Å². The van der Waals surface area contributed by atoms with Gasteiger partial charge in [0.05, 0.1) is 0 Å². The second kappa shape index (κ2) is 6.21. The number of tetrazole rings is 1. The van der Waals surface area contributed by atoms with Crippen molar-refractivity contribution in [1.29, 1.82) is 0 Å². The molecule has 8 heteroatoms. The lowest BCUT2D eigenvalue weighted by Crippen LogP contribution is -2.04. The molecule has 0 N–H and O–H groups in total. The average molecular weight is 339 g/mol. The lowest BCUT2D eigenvalue weighted by molar-refractivity contribution is 0.356. The number of hydrogen-bond donors (Lipinski definition) is 0. The Morgan fingerprint density at radius 1 is 0.917 bits per heavy atom. The summed E-state index contributed by atoms with van der Waals surface area (Å²) in [6.45, 7) is 0.250. The second-order valence-electron chi connectivity index (χ2n) is 5.03. The van der Waals surface area contributed by atoms with Gasteiger partial charge in [-0.05, 0) is 29.5 Å². The fraction of sp³-hybridized carbons (Fsp3) is 0.0625. The van der Waals surface area contributed by atoms with Crippen molar-refractivity contribution in [2.75, 3.05) is 0 Å². The van der Waals surface area contributed by atoms with Crippen LogP contribution in [0, 0.1) is 0 Å². The van der Waals surface area contributed by atoms with Gasteiger partial charge in [-0.1, -0.05) is 47.1 Å². The molecule has 2 aromatic carbocycles. The maximum absolute atomic E-state index is 5.88. The Bertz CT molecular complexity index is 948. The minimum absolute atomic E-state index is 0.250. The fourth-order valence-electron chi connectivity index (χ4n) is 2.17. The van der Waals surface area contributed by atoms with Crippen LogP contribution in [0.1, 0.15) is 5.89 Å². The summed E-state index contributed by atoms with van der Waals surface area (Å²) in [6, 6.07) is 16.8. The highest BCUT2D eigenvalue weighted by molar-refractivity contribution is 6.30. The zero-order chi connectivity index (χ0) is 16.4. The molecule has 0 radical (unpaired) electrons. The van der Waals surface area contributed by atoms with Gasteiger partial charge in [0, 0.05) is 16.1 Å². The monoisotopic (exact) mass is 338 g/mol. The summed E-state index contributed by atoms with van der Waals surface area (Å²) in [5.41, 5.74) is 1.72. The molecule has 0 saturated heterocycles. The highest BCUT2D eigenvalue weighted by atomic mass is 35.5. The molecule has 4 aromatic rings. The molecule has 0 spiro atoms. The average Bonchev–Trinajstić information content (AvgIpc) is 3.27. The number of benzene rings is 2. The van der Waals surface area contributed by atoms with E-state index < -0.39 is 0 Å². The minimum atomic E-state index is 0.250. The van der Waals surface area contributed by atoms with Crippen LogP contribution in [0.4, 0.5) is 0 Å². The van der Waals surface area contributed by atoms with Gasteiger partial charge < -0.3 is 4.52 Å². The Kier molecular flexibility index (Phi) is 3.76. The van der Waals surface area contributed by atoms with Gasteiger partial charge in [-0.25, -0.2) is 0 Å². The molecular weight excluding hydrogens is 328 g/mol. The van der Waals surface area contributed by atoms with Gasteiger partial charge in [0.2, 0.25) is 11.6 Å². The molecule has 2 heterocycles. The quantitative estimate of drug-likeness (QED) is 0.568. The van der Waals surface area contributed by atoms with Crippen molar-refractivity contribution in [3.63, 3.8) is 0 Å². The van der Waals surface area contributed by atoms with Crippen LogP contribution in [0.5, 0.6) is 0 Å². The number of aromatic nitrogens is 6. The van der Waals surface area contributed by atoms with Crippen molar-refractivity contribution < 1.29 is 4.52 Å². The van der Waals surface area contributed by atoms with Crippen molar-refractivity contribution in [3.8, 4) is 22.8 Å². The van der Waals surface area contributed by atoms with Crippen molar-refractivity contribution >= 4 is 11.6 Å². The van der Waals surface area contributed by atoms with E-state index >= 15 is 0 Å². The van der Waals surface area contributed by atoms with E-state index in [9.17, 15) is 0 Å². The van der Waals surface area contributed by atoms with Crippen molar-refractivity contribution in [2.24, 2.45) is 0 Å². The topological polar surface area (TPSA) is 82.5 Å². The molecule has 0 atom stereocenters. The Labute approximate surface area is 141 Å². The molecule has 2 aromatic heterocycles. The van der Waals surface area contributed by atoms with E-state index in [0.29, 0.717) is 22.6 Å². The van der Waals surface area contributed by atoms with Gasteiger partial charge in [0.15, 0.2) is 0 Å². The fourth-order valence-corrected chi connectivity index (χ4v) is 2.30. The summed E-state index contributed by atoms with van der Waals surface area (Å²) >= 11 is 5.88. The van der Waals surface area contributed by atoms with Crippen molar-refractivity contribution in [2.45, 2.75) is 6.54 Å². The summed E-state index contributed by atoms with van der Waals surface area (Å²) in [6.07, 6.45) is 0. The summed E-state index contributed by atoms with van der Waals surface area (Å²) in [4.78, 5) is 5.75. The SMILES string of the molecule is Clc1ccc(-c2nnn(Cc3nc(-c4ccccc4)no3)n2)cc1. The van der Waals surface area contributed by atoms with Crippen LogP contribution in [0.15, 0.2) is 59.1 Å². The van der Waals surface area contributed by atoms with E-state index in [0.717, 1.165) is 11.1 Å². The molecule has 118 valence electrons. The predicted molar refractivity (Wildman–Crippen MR) is 87.1 cm³/mol. The Balaban J connectivity index is 1.52. The lowest BCUT2D eigenvalue weighted by Gasteiger charge is -1.94. The van der Waals surface area contributed by atoms with Gasteiger partial charge in [-0.15, -0.1) is 10.2 Å². The number of rotatable bonds is 4. The standard InChI is InChI=1S/C16H11ClN6O/c17-13-8-6-12(7-9-13)16-19-22-23(20-16)10-14-18-15(21-24-14)11-4-2-1-3-5-11/h1-9H,10H2. The van der Waals surface area contributed by atoms with Gasteiger partial charge in [0.1, 0.15) is 6.54 Å². The normalized spacial score (nSPS) is 10.9. The third-order valence-electron chi connectivity index (χ3n) is 3.33. The first-order valence-corrected chi connectivity index (χ1v) is 7.57.